The molecule has 0 aliphatic carbocycles. The third kappa shape index (κ3) is 4.97. The van der Waals surface area contributed by atoms with Crippen LogP contribution in [0.4, 0.5) is 0 Å². The minimum absolute atomic E-state index is 0.00128. The Bertz CT molecular complexity index is 1050. The van der Waals surface area contributed by atoms with E-state index in [1.54, 1.807) is 16.9 Å². The van der Waals surface area contributed by atoms with Crippen molar-refractivity contribution in [3.63, 3.8) is 0 Å². The van der Waals surface area contributed by atoms with Crippen molar-refractivity contribution in [2.24, 2.45) is 0 Å². The molecule has 0 spiro atoms. The average Bonchev–Trinajstić information content (AvgIpc) is 2.79. The van der Waals surface area contributed by atoms with Crippen LogP contribution in [0.1, 0.15) is 34.1 Å². The van der Waals surface area contributed by atoms with Gasteiger partial charge in [0.05, 0.1) is 6.04 Å². The number of ether oxygens (including phenoxy) is 1. The molecular formula is C24H25N3O3. The zero-order chi connectivity index (χ0) is 21.3. The van der Waals surface area contributed by atoms with Crippen LogP contribution < -0.4 is 20.9 Å². The van der Waals surface area contributed by atoms with Crippen LogP contribution in [-0.2, 0) is 6.61 Å². The second-order valence-electron chi connectivity index (χ2n) is 6.70. The third-order valence-corrected chi connectivity index (χ3v) is 4.62. The van der Waals surface area contributed by atoms with Crippen LogP contribution >= 0.6 is 0 Å². The first-order chi connectivity index (χ1) is 14.6. The van der Waals surface area contributed by atoms with Gasteiger partial charge in [0.25, 0.3) is 5.91 Å². The molecule has 1 aromatic heterocycles. The van der Waals surface area contributed by atoms with Crippen molar-refractivity contribution in [2.45, 2.75) is 19.1 Å². The van der Waals surface area contributed by atoms with Gasteiger partial charge in [0.1, 0.15) is 6.61 Å². The quantitative estimate of drug-likeness (QED) is 0.535. The molecule has 1 heterocycles. The van der Waals surface area contributed by atoms with Crippen LogP contribution in [0.15, 0.2) is 90.4 Å². The lowest BCUT2D eigenvalue weighted by molar-refractivity contribution is 0.0948. The number of nitrogens with one attached hydrogen (secondary N) is 2. The van der Waals surface area contributed by atoms with Crippen molar-refractivity contribution in [2.75, 3.05) is 12.5 Å². The highest BCUT2D eigenvalue weighted by atomic mass is 16.5. The number of amides is 1. The summed E-state index contributed by atoms with van der Waals surface area (Å²) in [6.45, 7) is 4.01. The summed E-state index contributed by atoms with van der Waals surface area (Å²) >= 11 is 0. The number of benzene rings is 2. The molecule has 6 heteroatoms. The van der Waals surface area contributed by atoms with Gasteiger partial charge in [0.2, 0.25) is 5.43 Å². The molecule has 3 rings (SSSR count). The molecule has 0 aliphatic heterocycles. The van der Waals surface area contributed by atoms with Crippen LogP contribution in [0.25, 0.3) is 0 Å². The van der Waals surface area contributed by atoms with Gasteiger partial charge in [0.15, 0.2) is 11.4 Å². The van der Waals surface area contributed by atoms with E-state index >= 15 is 0 Å². The number of nitrogens with zero attached hydrogens (tertiary/aromatic N) is 1. The van der Waals surface area contributed by atoms with Gasteiger partial charge in [-0.2, -0.15) is 0 Å². The van der Waals surface area contributed by atoms with Gasteiger partial charge >= 0.3 is 0 Å². The van der Waals surface area contributed by atoms with Crippen LogP contribution in [-0.4, -0.2) is 17.6 Å². The molecule has 1 amide bonds. The summed E-state index contributed by atoms with van der Waals surface area (Å²) in [6.07, 6.45) is 3.98. The molecule has 2 N–H and O–H groups in total. The largest absolute Gasteiger partial charge is 0.482 e. The Balaban J connectivity index is 1.98. The zero-order valence-corrected chi connectivity index (χ0v) is 16.9. The van der Waals surface area contributed by atoms with Crippen molar-refractivity contribution < 1.29 is 9.53 Å². The number of aromatic nitrogens is 1. The molecule has 0 saturated heterocycles. The molecule has 2 aromatic carbocycles. The number of hydrogen-bond acceptors (Lipinski definition) is 4. The van der Waals surface area contributed by atoms with E-state index in [2.05, 4.69) is 17.3 Å². The third-order valence-electron chi connectivity index (χ3n) is 4.62. The molecule has 154 valence electrons. The second-order valence-corrected chi connectivity index (χ2v) is 6.70. The first kappa shape index (κ1) is 20.9. The van der Waals surface area contributed by atoms with Crippen molar-refractivity contribution in [3.8, 4) is 5.75 Å². The summed E-state index contributed by atoms with van der Waals surface area (Å²) in [5.41, 5.74) is 5.00. The molecule has 1 unspecified atom stereocenters. The lowest BCUT2D eigenvalue weighted by atomic mass is 10.0. The fourth-order valence-electron chi connectivity index (χ4n) is 3.11. The molecule has 1 atom stereocenters. The SMILES string of the molecule is C=CCC(Nn1ccc(=O)c(OCc2ccccc2)c1C(=O)NC)c1ccccc1. The van der Waals surface area contributed by atoms with Crippen molar-refractivity contribution in [1.29, 1.82) is 0 Å². The first-order valence-corrected chi connectivity index (χ1v) is 9.71. The van der Waals surface area contributed by atoms with E-state index in [1.165, 1.54) is 13.1 Å². The molecule has 0 aliphatic rings. The Morgan fingerprint density at radius 3 is 2.40 bits per heavy atom. The Morgan fingerprint density at radius 2 is 1.77 bits per heavy atom. The van der Waals surface area contributed by atoms with E-state index in [1.807, 2.05) is 60.7 Å². The highest BCUT2D eigenvalue weighted by Crippen LogP contribution is 2.21. The van der Waals surface area contributed by atoms with Crippen LogP contribution in [0.3, 0.4) is 0 Å². The van der Waals surface area contributed by atoms with Gasteiger partial charge in [0, 0.05) is 19.3 Å². The van der Waals surface area contributed by atoms with Gasteiger partial charge in [-0.3, -0.25) is 14.3 Å². The first-order valence-electron chi connectivity index (χ1n) is 9.71. The van der Waals surface area contributed by atoms with E-state index in [9.17, 15) is 9.59 Å². The van der Waals surface area contributed by atoms with Gasteiger partial charge in [-0.1, -0.05) is 66.7 Å². The van der Waals surface area contributed by atoms with Gasteiger partial charge in [-0.05, 0) is 17.5 Å². The highest BCUT2D eigenvalue weighted by Gasteiger charge is 2.21. The maximum Gasteiger partial charge on any atom is 0.273 e. The lowest BCUT2D eigenvalue weighted by Gasteiger charge is -2.24. The summed E-state index contributed by atoms with van der Waals surface area (Å²) in [7, 11) is 1.52. The monoisotopic (exact) mass is 403 g/mol. The van der Waals surface area contributed by atoms with Crippen LogP contribution in [0.5, 0.6) is 5.75 Å². The average molecular weight is 403 g/mol. The predicted molar refractivity (Wildman–Crippen MR) is 118 cm³/mol. The Morgan fingerprint density at radius 1 is 1.10 bits per heavy atom. The van der Waals surface area contributed by atoms with E-state index in [0.717, 1.165) is 11.1 Å². The Labute approximate surface area is 175 Å². The number of rotatable bonds is 9. The fraction of sp³-hybridized carbons (Fsp3) is 0.167. The van der Waals surface area contributed by atoms with Crippen molar-refractivity contribution >= 4 is 5.91 Å². The normalized spacial score (nSPS) is 11.4. The molecule has 30 heavy (non-hydrogen) atoms. The molecule has 3 aromatic rings. The maximum absolute atomic E-state index is 12.7. The highest BCUT2D eigenvalue weighted by molar-refractivity contribution is 5.95. The van der Waals surface area contributed by atoms with E-state index < -0.39 is 5.91 Å². The van der Waals surface area contributed by atoms with Gasteiger partial charge < -0.3 is 15.5 Å². The summed E-state index contributed by atoms with van der Waals surface area (Å²) in [4.78, 5) is 25.2. The Hall–Kier alpha value is -3.80. The van der Waals surface area contributed by atoms with Crippen molar-refractivity contribution in [1.82, 2.24) is 9.99 Å². The Kier molecular flexibility index (Phi) is 7.05. The number of hydrogen-bond donors (Lipinski definition) is 2. The minimum atomic E-state index is -0.423. The number of pyridine rings is 1. The van der Waals surface area contributed by atoms with Crippen molar-refractivity contribution in [3.05, 3.63) is 113 Å². The zero-order valence-electron chi connectivity index (χ0n) is 16.9. The summed E-state index contributed by atoms with van der Waals surface area (Å²) in [6, 6.07) is 20.6. The molecule has 0 saturated carbocycles. The number of carbonyl (C=O) groups excluding carboxylic acids is 1. The smallest absolute Gasteiger partial charge is 0.273 e. The molecular weight excluding hydrogens is 378 g/mol. The van der Waals surface area contributed by atoms with Crippen LogP contribution in [0, 0.1) is 0 Å². The predicted octanol–water partition coefficient (Wildman–Crippen LogP) is 3.65. The topological polar surface area (TPSA) is 72.4 Å². The number of carbonyl (C=O) groups is 1. The lowest BCUT2D eigenvalue weighted by Crippen LogP contribution is -2.32. The summed E-state index contributed by atoms with van der Waals surface area (Å²) in [5, 5.41) is 2.59. The van der Waals surface area contributed by atoms with Gasteiger partial charge in [-0.25, -0.2) is 0 Å². The maximum atomic E-state index is 12.7. The summed E-state index contributed by atoms with van der Waals surface area (Å²) < 4.78 is 7.35. The minimum Gasteiger partial charge on any atom is -0.482 e. The fourth-order valence-corrected chi connectivity index (χ4v) is 3.11. The molecule has 0 fully saturated rings. The summed E-state index contributed by atoms with van der Waals surface area (Å²) in [5.74, 6) is -0.424. The molecule has 6 nitrogen and oxygen atoms in total. The van der Waals surface area contributed by atoms with Crippen LogP contribution in [0.2, 0.25) is 0 Å². The molecule has 0 radical (unpaired) electrons. The van der Waals surface area contributed by atoms with E-state index in [-0.39, 0.29) is 29.5 Å². The molecule has 0 bridgehead atoms. The van der Waals surface area contributed by atoms with E-state index in [4.69, 9.17) is 4.74 Å². The standard InChI is InChI=1S/C24H25N3O3/c1-3-10-20(19-13-8-5-9-14-19)26-27-16-15-21(28)23(22(27)24(29)25-2)30-17-18-11-6-4-7-12-18/h3-9,11-16,20,26H,1,10,17H2,2H3,(H,25,29). The second kappa shape index (κ2) is 10.1. The van der Waals surface area contributed by atoms with E-state index in [0.29, 0.717) is 6.42 Å². The van der Waals surface area contributed by atoms with Gasteiger partial charge in [-0.15, -0.1) is 6.58 Å².